The van der Waals surface area contributed by atoms with Gasteiger partial charge in [0.05, 0.1) is 12.2 Å². The lowest BCUT2D eigenvalue weighted by Crippen LogP contribution is -2.46. The van der Waals surface area contributed by atoms with Crippen LogP contribution in [0.3, 0.4) is 0 Å². The molecule has 284 valence electrons. The van der Waals surface area contributed by atoms with Gasteiger partial charge in [0, 0.05) is 20.9 Å². The topological polar surface area (TPSA) is 27.7 Å². The summed E-state index contributed by atoms with van der Waals surface area (Å²) in [6.07, 6.45) is -0.0292. The Morgan fingerprint density at radius 3 is 1.25 bits per heavy atom. The first-order chi connectivity index (χ1) is 26.2. The first-order valence-corrected chi connectivity index (χ1v) is 19.2. The fraction of sp³-hybridized carbons (Fsp3) is 0.250. The summed E-state index contributed by atoms with van der Waals surface area (Å²) in [4.78, 5) is 0. The highest BCUT2D eigenvalue weighted by atomic mass is 35.5. The van der Waals surface area contributed by atoms with Crippen molar-refractivity contribution in [2.75, 3.05) is 0 Å². The maximum absolute atomic E-state index is 15.2. The molecule has 55 heavy (non-hydrogen) atoms. The first kappa shape index (κ1) is 40.0. The van der Waals surface area contributed by atoms with Crippen molar-refractivity contribution in [2.24, 2.45) is 0 Å². The van der Waals surface area contributed by atoms with Crippen LogP contribution in [0.25, 0.3) is 0 Å². The predicted octanol–water partition coefficient (Wildman–Crippen LogP) is 14.0. The van der Waals surface area contributed by atoms with Crippen LogP contribution in [0.15, 0.2) is 133 Å². The number of hydrogen-bond donors (Lipinski definition) is 0. The Balaban J connectivity index is 1.43. The predicted molar refractivity (Wildman–Crippen MR) is 220 cm³/mol. The minimum atomic E-state index is -0.571. The Kier molecular flexibility index (Phi) is 12.4. The minimum absolute atomic E-state index is 0.133. The second kappa shape index (κ2) is 17.0. The summed E-state index contributed by atoms with van der Waals surface area (Å²) in [7, 11) is 0. The average Bonchev–Trinajstić information content (AvgIpc) is 3.16. The third-order valence-corrected chi connectivity index (χ3v) is 11.4. The van der Waals surface area contributed by atoms with E-state index >= 15 is 8.78 Å². The molecule has 0 heterocycles. The average molecular weight is 780 g/mol. The summed E-state index contributed by atoms with van der Waals surface area (Å²) >= 11 is 13.0. The number of benzene rings is 6. The highest BCUT2D eigenvalue weighted by Crippen LogP contribution is 2.40. The normalized spacial score (nSPS) is 13.0. The van der Waals surface area contributed by atoms with E-state index in [0.717, 1.165) is 33.4 Å². The number of aryl methyl sites for hydroxylation is 2. The molecule has 0 spiro atoms. The van der Waals surface area contributed by atoms with Gasteiger partial charge in [-0.2, -0.15) is 0 Å². The third kappa shape index (κ3) is 9.59. The van der Waals surface area contributed by atoms with Gasteiger partial charge in [0.25, 0.3) is 0 Å². The SMILES string of the molecule is Cc1cc(C(C)(C)C(Cc2ccc(F)c(Oc3ccccc3)c2)OC(Cc2ccc(F)c(Oc3ccccc3)c2)C(C)(C)c2ccc(Cl)c(C)c2)ccc1Cl. The van der Waals surface area contributed by atoms with Crippen LogP contribution in [0.2, 0.25) is 10.0 Å². The van der Waals surface area contributed by atoms with Crippen LogP contribution in [0.5, 0.6) is 23.0 Å². The van der Waals surface area contributed by atoms with E-state index in [9.17, 15) is 0 Å². The summed E-state index contributed by atoms with van der Waals surface area (Å²) in [5, 5.41) is 1.36. The van der Waals surface area contributed by atoms with E-state index < -0.39 is 34.7 Å². The molecule has 6 aromatic carbocycles. The highest BCUT2D eigenvalue weighted by molar-refractivity contribution is 6.31. The van der Waals surface area contributed by atoms with Crippen molar-refractivity contribution >= 4 is 23.2 Å². The fourth-order valence-electron chi connectivity index (χ4n) is 6.77. The summed E-state index contributed by atoms with van der Waals surface area (Å²) in [6, 6.07) is 40.4. The van der Waals surface area contributed by atoms with Gasteiger partial charge in [-0.25, -0.2) is 8.78 Å². The second-order valence-electron chi connectivity index (χ2n) is 15.3. The van der Waals surface area contributed by atoms with Crippen molar-refractivity contribution in [3.63, 3.8) is 0 Å². The van der Waals surface area contributed by atoms with Gasteiger partial charge in [-0.1, -0.05) is 124 Å². The zero-order valence-electron chi connectivity index (χ0n) is 32.0. The zero-order chi connectivity index (χ0) is 39.3. The van der Waals surface area contributed by atoms with Crippen LogP contribution < -0.4 is 9.47 Å². The number of halogens is 4. The number of rotatable bonds is 14. The first-order valence-electron chi connectivity index (χ1n) is 18.4. The van der Waals surface area contributed by atoms with E-state index in [4.69, 9.17) is 37.4 Å². The Morgan fingerprint density at radius 1 is 0.509 bits per heavy atom. The van der Waals surface area contributed by atoms with Gasteiger partial charge in [0.15, 0.2) is 23.1 Å². The van der Waals surface area contributed by atoms with E-state index in [2.05, 4.69) is 39.8 Å². The summed E-state index contributed by atoms with van der Waals surface area (Å²) < 4.78 is 49.9. The molecule has 0 amide bonds. The van der Waals surface area contributed by atoms with Gasteiger partial charge >= 0.3 is 0 Å². The Morgan fingerprint density at radius 2 is 0.891 bits per heavy atom. The van der Waals surface area contributed by atoms with E-state index in [0.29, 0.717) is 34.4 Å². The molecule has 0 aliphatic rings. The fourth-order valence-corrected chi connectivity index (χ4v) is 7.01. The van der Waals surface area contributed by atoms with E-state index in [1.54, 1.807) is 48.5 Å². The van der Waals surface area contributed by atoms with Gasteiger partial charge in [-0.15, -0.1) is 0 Å². The molecule has 6 aromatic rings. The van der Waals surface area contributed by atoms with Gasteiger partial charge in [-0.3, -0.25) is 0 Å². The lowest BCUT2D eigenvalue weighted by molar-refractivity contribution is -0.0753. The largest absolute Gasteiger partial charge is 0.454 e. The van der Waals surface area contributed by atoms with E-state index in [1.165, 1.54) is 12.1 Å². The van der Waals surface area contributed by atoms with Gasteiger partial charge < -0.3 is 14.2 Å². The molecule has 0 aromatic heterocycles. The molecule has 0 saturated heterocycles. The molecule has 0 radical (unpaired) electrons. The van der Waals surface area contributed by atoms with Crippen LogP contribution in [0, 0.1) is 25.5 Å². The smallest absolute Gasteiger partial charge is 0.165 e. The van der Waals surface area contributed by atoms with Crippen molar-refractivity contribution in [3.8, 4) is 23.0 Å². The van der Waals surface area contributed by atoms with Crippen LogP contribution >= 0.6 is 23.2 Å². The summed E-state index contributed by atoms with van der Waals surface area (Å²) in [5.41, 5.74) is 4.54. The van der Waals surface area contributed by atoms with E-state index in [1.807, 2.05) is 74.5 Å². The molecule has 0 saturated carbocycles. The minimum Gasteiger partial charge on any atom is -0.454 e. The van der Waals surface area contributed by atoms with Crippen molar-refractivity contribution < 1.29 is 23.0 Å². The van der Waals surface area contributed by atoms with Gasteiger partial charge in [0.1, 0.15) is 11.5 Å². The molecular weight excluding hydrogens is 733 g/mol. The Bertz CT molecular complexity index is 2080. The van der Waals surface area contributed by atoms with Crippen LogP contribution in [-0.2, 0) is 28.4 Å². The Hall–Kier alpha value is -4.68. The molecule has 0 fully saturated rings. The summed E-state index contributed by atoms with van der Waals surface area (Å²) in [5.74, 6) is 0.428. The van der Waals surface area contributed by atoms with Crippen molar-refractivity contribution in [3.05, 3.63) is 189 Å². The van der Waals surface area contributed by atoms with Crippen LogP contribution in [-0.4, -0.2) is 12.2 Å². The maximum Gasteiger partial charge on any atom is 0.165 e. The van der Waals surface area contributed by atoms with Gasteiger partial charge in [0.2, 0.25) is 0 Å². The zero-order valence-corrected chi connectivity index (χ0v) is 33.5. The second-order valence-corrected chi connectivity index (χ2v) is 16.1. The molecule has 2 atom stereocenters. The van der Waals surface area contributed by atoms with Crippen molar-refractivity contribution in [2.45, 2.75) is 77.4 Å². The molecule has 0 N–H and O–H groups in total. The molecule has 7 heteroatoms. The Labute approximate surface area is 333 Å². The third-order valence-electron chi connectivity index (χ3n) is 10.5. The van der Waals surface area contributed by atoms with Crippen molar-refractivity contribution in [1.82, 2.24) is 0 Å². The lowest BCUT2D eigenvalue weighted by atomic mass is 9.74. The summed E-state index contributed by atoms with van der Waals surface area (Å²) in [6.45, 7) is 12.6. The number of para-hydroxylation sites is 2. The molecular formula is C48H46Cl2F2O3. The van der Waals surface area contributed by atoms with Crippen molar-refractivity contribution in [1.29, 1.82) is 0 Å². The quantitative estimate of drug-likeness (QED) is 0.110. The molecule has 3 nitrogen and oxygen atoms in total. The monoisotopic (exact) mass is 778 g/mol. The number of ether oxygens (including phenoxy) is 3. The standard InChI is InChI=1S/C48H46Cl2F2O3/c1-31-25-35(19-21-39(31)49)47(3,4)45(29-33-17-23-41(51)43(27-33)53-37-13-9-7-10-14-37)55-46(48(5,6)36-20-22-40(50)32(2)26-36)30-34-18-24-42(52)44(28-34)54-38-15-11-8-12-16-38/h7-28,45-46H,29-30H2,1-6H3. The highest BCUT2D eigenvalue weighted by Gasteiger charge is 2.40. The lowest BCUT2D eigenvalue weighted by Gasteiger charge is -2.43. The molecule has 0 bridgehead atoms. The van der Waals surface area contributed by atoms with Crippen LogP contribution in [0.1, 0.15) is 61.1 Å². The molecule has 6 rings (SSSR count). The van der Waals surface area contributed by atoms with E-state index in [-0.39, 0.29) is 11.5 Å². The molecule has 2 unspecified atom stereocenters. The maximum atomic E-state index is 15.2. The van der Waals surface area contributed by atoms with Gasteiger partial charge in [-0.05, 0) is 121 Å². The number of hydrogen-bond acceptors (Lipinski definition) is 3. The molecule has 0 aliphatic heterocycles. The molecule has 0 aliphatic carbocycles. The van der Waals surface area contributed by atoms with Crippen LogP contribution in [0.4, 0.5) is 8.78 Å².